The minimum absolute atomic E-state index is 0.246. The minimum atomic E-state index is -0.246. The Bertz CT molecular complexity index is 1050. The zero-order valence-corrected chi connectivity index (χ0v) is 15.2. The number of aryl methyl sites for hydroxylation is 1. The standard InChI is InChI=1S/C20H18N4OS/c1-2-11-24-16-8-4-3-7-14(16)12-17(24)20-22-15(13-26-20)19(25)23-18-9-5-6-10-21-18/h3-10,12-13H,2,11H2,1H3,(H,21,23,25). The van der Waals surface area contributed by atoms with Gasteiger partial charge in [-0.05, 0) is 30.7 Å². The summed E-state index contributed by atoms with van der Waals surface area (Å²) in [5, 5.41) is 6.60. The number of aromatic nitrogens is 3. The normalized spacial score (nSPS) is 11.0. The molecule has 1 amide bonds. The van der Waals surface area contributed by atoms with E-state index in [4.69, 9.17) is 0 Å². The predicted molar refractivity (Wildman–Crippen MR) is 106 cm³/mol. The monoisotopic (exact) mass is 362 g/mol. The number of para-hydroxylation sites is 1. The van der Waals surface area contributed by atoms with Crippen LogP contribution in [0, 0.1) is 0 Å². The van der Waals surface area contributed by atoms with Crippen LogP contribution >= 0.6 is 11.3 Å². The first-order valence-corrected chi connectivity index (χ1v) is 9.41. The number of thiazole rings is 1. The first-order valence-electron chi connectivity index (χ1n) is 8.53. The lowest BCUT2D eigenvalue weighted by Gasteiger charge is -2.07. The Balaban J connectivity index is 1.67. The lowest BCUT2D eigenvalue weighted by molar-refractivity contribution is 0.102. The number of hydrogen-bond acceptors (Lipinski definition) is 4. The third-order valence-electron chi connectivity index (χ3n) is 4.12. The van der Waals surface area contributed by atoms with Crippen molar-refractivity contribution in [2.75, 3.05) is 5.32 Å². The summed E-state index contributed by atoms with van der Waals surface area (Å²) in [4.78, 5) is 21.1. The summed E-state index contributed by atoms with van der Waals surface area (Å²) in [6, 6.07) is 15.8. The van der Waals surface area contributed by atoms with Gasteiger partial charge in [-0.1, -0.05) is 31.2 Å². The van der Waals surface area contributed by atoms with Crippen LogP contribution in [0.4, 0.5) is 5.82 Å². The summed E-state index contributed by atoms with van der Waals surface area (Å²) in [7, 11) is 0. The van der Waals surface area contributed by atoms with Crippen LogP contribution in [0.5, 0.6) is 0 Å². The van der Waals surface area contributed by atoms with E-state index < -0.39 is 0 Å². The van der Waals surface area contributed by atoms with Crippen LogP contribution in [0.25, 0.3) is 21.6 Å². The molecule has 6 heteroatoms. The number of rotatable bonds is 5. The SMILES string of the molecule is CCCn1c(-c2nc(C(=O)Nc3ccccn3)cs2)cc2ccccc21. The van der Waals surface area contributed by atoms with Gasteiger partial charge >= 0.3 is 0 Å². The molecule has 0 bridgehead atoms. The molecular weight excluding hydrogens is 344 g/mol. The summed E-state index contributed by atoms with van der Waals surface area (Å²) in [6.07, 6.45) is 2.68. The fourth-order valence-electron chi connectivity index (χ4n) is 2.96. The van der Waals surface area contributed by atoms with Crippen molar-refractivity contribution in [2.45, 2.75) is 19.9 Å². The highest BCUT2D eigenvalue weighted by atomic mass is 32.1. The number of pyridine rings is 1. The van der Waals surface area contributed by atoms with Gasteiger partial charge in [0.25, 0.3) is 5.91 Å². The van der Waals surface area contributed by atoms with Gasteiger partial charge in [-0.3, -0.25) is 4.79 Å². The molecule has 130 valence electrons. The summed E-state index contributed by atoms with van der Waals surface area (Å²) in [6.45, 7) is 3.07. The van der Waals surface area contributed by atoms with E-state index in [0.29, 0.717) is 11.5 Å². The van der Waals surface area contributed by atoms with E-state index in [-0.39, 0.29) is 5.91 Å². The number of fused-ring (bicyclic) bond motifs is 1. The number of amides is 1. The highest BCUT2D eigenvalue weighted by Gasteiger charge is 2.16. The maximum atomic E-state index is 12.4. The molecule has 4 aromatic rings. The van der Waals surface area contributed by atoms with E-state index in [2.05, 4.69) is 45.0 Å². The van der Waals surface area contributed by atoms with E-state index in [1.807, 2.05) is 24.3 Å². The van der Waals surface area contributed by atoms with Gasteiger partial charge in [0.1, 0.15) is 16.5 Å². The number of hydrogen-bond donors (Lipinski definition) is 1. The third kappa shape index (κ3) is 3.11. The summed E-state index contributed by atoms with van der Waals surface area (Å²) < 4.78 is 2.27. The maximum Gasteiger partial charge on any atom is 0.276 e. The van der Waals surface area contributed by atoms with Crippen molar-refractivity contribution < 1.29 is 4.79 Å². The highest BCUT2D eigenvalue weighted by molar-refractivity contribution is 7.13. The molecule has 0 atom stereocenters. The number of anilines is 1. The molecule has 0 unspecified atom stereocenters. The predicted octanol–water partition coefficient (Wildman–Crippen LogP) is 4.82. The van der Waals surface area contributed by atoms with E-state index in [1.54, 1.807) is 17.6 Å². The molecule has 0 saturated heterocycles. The molecule has 5 nitrogen and oxygen atoms in total. The van der Waals surface area contributed by atoms with Crippen LogP contribution in [-0.2, 0) is 6.54 Å². The number of benzene rings is 1. The number of carbonyl (C=O) groups is 1. The first kappa shape index (κ1) is 16.5. The molecule has 3 heterocycles. The Morgan fingerprint density at radius 2 is 2.04 bits per heavy atom. The fraction of sp³-hybridized carbons (Fsp3) is 0.150. The van der Waals surface area contributed by atoms with E-state index >= 15 is 0 Å². The van der Waals surface area contributed by atoms with Gasteiger partial charge in [-0.25, -0.2) is 9.97 Å². The van der Waals surface area contributed by atoms with Crippen LogP contribution in [0.1, 0.15) is 23.8 Å². The lowest BCUT2D eigenvalue weighted by atomic mass is 10.2. The number of nitrogens with one attached hydrogen (secondary N) is 1. The van der Waals surface area contributed by atoms with Gasteiger partial charge in [0.2, 0.25) is 0 Å². The molecule has 0 aliphatic heterocycles. The van der Waals surface area contributed by atoms with Crippen molar-refractivity contribution in [3.63, 3.8) is 0 Å². The molecule has 0 saturated carbocycles. The Kier molecular flexibility index (Phi) is 4.50. The van der Waals surface area contributed by atoms with Crippen molar-refractivity contribution >= 4 is 34.0 Å². The second-order valence-corrected chi connectivity index (χ2v) is 6.81. The molecule has 0 aliphatic rings. The van der Waals surface area contributed by atoms with E-state index in [0.717, 1.165) is 23.7 Å². The summed E-state index contributed by atoms with van der Waals surface area (Å²) in [5.74, 6) is 0.275. The topological polar surface area (TPSA) is 59.8 Å². The Labute approximate surface area is 155 Å². The van der Waals surface area contributed by atoms with Gasteiger partial charge < -0.3 is 9.88 Å². The zero-order chi connectivity index (χ0) is 17.9. The fourth-order valence-corrected chi connectivity index (χ4v) is 3.79. The summed E-state index contributed by atoms with van der Waals surface area (Å²) in [5.41, 5.74) is 2.65. The smallest absolute Gasteiger partial charge is 0.276 e. The van der Waals surface area contributed by atoms with E-state index in [9.17, 15) is 4.79 Å². The van der Waals surface area contributed by atoms with Gasteiger partial charge in [0.15, 0.2) is 0 Å². The van der Waals surface area contributed by atoms with Crippen LogP contribution < -0.4 is 5.32 Å². The molecule has 4 rings (SSSR count). The molecule has 0 fully saturated rings. The zero-order valence-electron chi connectivity index (χ0n) is 14.3. The Morgan fingerprint density at radius 1 is 1.19 bits per heavy atom. The van der Waals surface area contributed by atoms with Gasteiger partial charge in [-0.15, -0.1) is 11.3 Å². The van der Waals surface area contributed by atoms with Gasteiger partial charge in [0, 0.05) is 29.0 Å². The van der Waals surface area contributed by atoms with E-state index in [1.165, 1.54) is 22.2 Å². The van der Waals surface area contributed by atoms with Crippen LogP contribution in [0.15, 0.2) is 60.1 Å². The summed E-state index contributed by atoms with van der Waals surface area (Å²) >= 11 is 1.48. The molecule has 0 spiro atoms. The third-order valence-corrected chi connectivity index (χ3v) is 4.99. The van der Waals surface area contributed by atoms with Gasteiger partial charge in [0.05, 0.1) is 5.69 Å². The van der Waals surface area contributed by atoms with Crippen LogP contribution in [0.2, 0.25) is 0 Å². The van der Waals surface area contributed by atoms with Crippen LogP contribution in [0.3, 0.4) is 0 Å². The maximum absolute atomic E-state index is 12.4. The van der Waals surface area contributed by atoms with Crippen molar-refractivity contribution in [2.24, 2.45) is 0 Å². The van der Waals surface area contributed by atoms with Crippen LogP contribution in [-0.4, -0.2) is 20.4 Å². The average Bonchev–Trinajstić information content (AvgIpc) is 3.28. The second kappa shape index (κ2) is 7.09. The molecule has 3 aromatic heterocycles. The molecule has 0 aliphatic carbocycles. The Hall–Kier alpha value is -2.99. The van der Waals surface area contributed by atoms with Crippen molar-refractivity contribution in [1.82, 2.24) is 14.5 Å². The minimum Gasteiger partial charge on any atom is -0.339 e. The lowest BCUT2D eigenvalue weighted by Crippen LogP contribution is -2.13. The Morgan fingerprint density at radius 3 is 2.85 bits per heavy atom. The molecular formula is C20H18N4OS. The van der Waals surface area contributed by atoms with Crippen molar-refractivity contribution in [3.8, 4) is 10.7 Å². The van der Waals surface area contributed by atoms with Crippen molar-refractivity contribution in [1.29, 1.82) is 0 Å². The van der Waals surface area contributed by atoms with Gasteiger partial charge in [-0.2, -0.15) is 0 Å². The molecule has 1 N–H and O–H groups in total. The largest absolute Gasteiger partial charge is 0.339 e. The first-order chi connectivity index (χ1) is 12.8. The molecule has 1 aromatic carbocycles. The van der Waals surface area contributed by atoms with Crippen molar-refractivity contribution in [3.05, 3.63) is 65.8 Å². The highest BCUT2D eigenvalue weighted by Crippen LogP contribution is 2.31. The molecule has 0 radical (unpaired) electrons. The molecule has 26 heavy (non-hydrogen) atoms. The second-order valence-electron chi connectivity index (χ2n) is 5.95. The number of carbonyl (C=O) groups excluding carboxylic acids is 1. The average molecular weight is 362 g/mol. The quantitative estimate of drug-likeness (QED) is 0.553. The number of nitrogens with zero attached hydrogens (tertiary/aromatic N) is 3.